The fraction of sp³-hybridized carbons (Fsp3) is 0.304. The van der Waals surface area contributed by atoms with E-state index in [1.165, 1.54) is 27.8 Å². The minimum absolute atomic E-state index is 0.220. The van der Waals surface area contributed by atoms with Crippen molar-refractivity contribution in [2.75, 3.05) is 18.4 Å². The number of amides is 1. The van der Waals surface area contributed by atoms with Gasteiger partial charge in [-0.05, 0) is 62.1 Å². The number of aromatic nitrogens is 1. The van der Waals surface area contributed by atoms with Crippen LogP contribution in [0.3, 0.4) is 0 Å². The second kappa shape index (κ2) is 8.90. The fourth-order valence-electron chi connectivity index (χ4n) is 3.87. The predicted octanol–water partition coefficient (Wildman–Crippen LogP) is 4.85. The molecule has 2 heterocycles. The molecule has 0 aliphatic carbocycles. The van der Waals surface area contributed by atoms with Crippen molar-refractivity contribution in [2.24, 2.45) is 0 Å². The van der Waals surface area contributed by atoms with E-state index in [1.807, 2.05) is 37.4 Å². The second-order valence-corrected chi connectivity index (χ2v) is 10.5. The van der Waals surface area contributed by atoms with E-state index in [2.05, 4.69) is 10.3 Å². The molecule has 1 fully saturated rings. The van der Waals surface area contributed by atoms with Gasteiger partial charge in [-0.2, -0.15) is 4.31 Å². The third-order valence-corrected chi connectivity index (χ3v) is 8.20. The Labute approximate surface area is 187 Å². The lowest BCUT2D eigenvalue weighted by Crippen LogP contribution is -2.35. The van der Waals surface area contributed by atoms with Gasteiger partial charge in [0.15, 0.2) is 5.13 Å². The highest BCUT2D eigenvalue weighted by atomic mass is 32.2. The van der Waals surface area contributed by atoms with Crippen molar-refractivity contribution in [1.29, 1.82) is 0 Å². The molecule has 4 rings (SSSR count). The normalized spacial score (nSPS) is 15.0. The van der Waals surface area contributed by atoms with Gasteiger partial charge in [-0.25, -0.2) is 13.4 Å². The zero-order valence-corrected chi connectivity index (χ0v) is 19.2. The minimum Gasteiger partial charge on any atom is -0.298 e. The van der Waals surface area contributed by atoms with Crippen molar-refractivity contribution < 1.29 is 13.2 Å². The van der Waals surface area contributed by atoms with Gasteiger partial charge < -0.3 is 0 Å². The number of carbonyl (C=O) groups is 1. The lowest BCUT2D eigenvalue weighted by molar-refractivity contribution is 0.102. The summed E-state index contributed by atoms with van der Waals surface area (Å²) in [5.74, 6) is -0.315. The molecule has 1 saturated heterocycles. The fourth-order valence-corrected chi connectivity index (χ4v) is 6.08. The number of nitrogens with zero attached hydrogens (tertiary/aromatic N) is 2. The minimum atomic E-state index is -3.51. The summed E-state index contributed by atoms with van der Waals surface area (Å²) >= 11 is 1.37. The van der Waals surface area contributed by atoms with Crippen molar-refractivity contribution in [3.05, 3.63) is 64.5 Å². The third-order valence-electron chi connectivity index (χ3n) is 5.53. The zero-order chi connectivity index (χ0) is 22.0. The Morgan fingerprint density at radius 3 is 2.29 bits per heavy atom. The van der Waals surface area contributed by atoms with Gasteiger partial charge in [-0.3, -0.25) is 10.1 Å². The molecule has 0 atom stereocenters. The van der Waals surface area contributed by atoms with Gasteiger partial charge in [-0.15, -0.1) is 11.3 Å². The Hall–Kier alpha value is -2.55. The second-order valence-electron chi connectivity index (χ2n) is 7.75. The van der Waals surface area contributed by atoms with Crippen LogP contribution in [0.2, 0.25) is 0 Å². The maximum Gasteiger partial charge on any atom is 0.257 e. The van der Waals surface area contributed by atoms with Crippen LogP contribution in [0.15, 0.2) is 52.7 Å². The van der Waals surface area contributed by atoms with Crippen LogP contribution in [0.5, 0.6) is 0 Å². The molecule has 162 valence electrons. The highest BCUT2D eigenvalue weighted by Crippen LogP contribution is 2.30. The summed E-state index contributed by atoms with van der Waals surface area (Å²) in [7, 11) is -3.51. The van der Waals surface area contributed by atoms with Crippen molar-refractivity contribution >= 4 is 32.4 Å². The number of carbonyl (C=O) groups excluding carboxylic acids is 1. The summed E-state index contributed by atoms with van der Waals surface area (Å²) in [6, 6.07) is 12.2. The van der Waals surface area contributed by atoms with Gasteiger partial charge >= 0.3 is 0 Å². The first-order chi connectivity index (χ1) is 14.9. The summed E-state index contributed by atoms with van der Waals surface area (Å²) in [5.41, 5.74) is 4.56. The van der Waals surface area contributed by atoms with Gasteiger partial charge in [0.25, 0.3) is 5.91 Å². The number of aryl methyl sites for hydroxylation is 2. The smallest absolute Gasteiger partial charge is 0.257 e. The Bertz CT molecular complexity index is 1170. The van der Waals surface area contributed by atoms with Crippen LogP contribution in [-0.4, -0.2) is 36.7 Å². The average molecular weight is 456 g/mol. The summed E-state index contributed by atoms with van der Waals surface area (Å²) in [5, 5.41) is 5.25. The summed E-state index contributed by atoms with van der Waals surface area (Å²) in [6.07, 6.45) is 2.84. The Kier molecular flexibility index (Phi) is 6.22. The molecule has 8 heteroatoms. The van der Waals surface area contributed by atoms with Gasteiger partial charge in [0.1, 0.15) is 0 Å². The van der Waals surface area contributed by atoms with E-state index in [0.717, 1.165) is 41.6 Å². The van der Waals surface area contributed by atoms with Crippen molar-refractivity contribution in [3.63, 3.8) is 0 Å². The number of hydrogen-bond donors (Lipinski definition) is 1. The van der Waals surface area contributed by atoms with Gasteiger partial charge in [0, 0.05) is 29.6 Å². The summed E-state index contributed by atoms with van der Waals surface area (Å²) < 4.78 is 27.1. The number of thiazole rings is 1. The summed E-state index contributed by atoms with van der Waals surface area (Å²) in [6.45, 7) is 5.19. The van der Waals surface area contributed by atoms with E-state index in [4.69, 9.17) is 0 Å². The SMILES string of the molecule is Cc1cccc(C)c1-c1csc(NC(=O)c2ccc(S(=O)(=O)N3CCCCC3)cc2)n1. The molecule has 1 amide bonds. The topological polar surface area (TPSA) is 79.4 Å². The van der Waals surface area contributed by atoms with E-state index < -0.39 is 10.0 Å². The Morgan fingerprint density at radius 1 is 1.00 bits per heavy atom. The van der Waals surface area contributed by atoms with Crippen molar-refractivity contribution in [1.82, 2.24) is 9.29 Å². The van der Waals surface area contributed by atoms with Crippen molar-refractivity contribution in [2.45, 2.75) is 38.0 Å². The van der Waals surface area contributed by atoms with Crippen LogP contribution in [-0.2, 0) is 10.0 Å². The van der Waals surface area contributed by atoms with Crippen LogP contribution in [0.1, 0.15) is 40.7 Å². The Morgan fingerprint density at radius 2 is 1.65 bits per heavy atom. The first-order valence-electron chi connectivity index (χ1n) is 10.3. The predicted molar refractivity (Wildman–Crippen MR) is 124 cm³/mol. The maximum atomic E-state index is 12.8. The molecule has 0 unspecified atom stereocenters. The molecule has 0 radical (unpaired) electrons. The average Bonchev–Trinajstić information content (AvgIpc) is 3.22. The molecule has 6 nitrogen and oxygen atoms in total. The van der Waals surface area contributed by atoms with Gasteiger partial charge in [0.05, 0.1) is 10.6 Å². The van der Waals surface area contributed by atoms with Crippen LogP contribution in [0, 0.1) is 13.8 Å². The van der Waals surface area contributed by atoms with E-state index in [-0.39, 0.29) is 10.8 Å². The van der Waals surface area contributed by atoms with E-state index in [1.54, 1.807) is 12.1 Å². The lowest BCUT2D eigenvalue weighted by Gasteiger charge is -2.25. The molecule has 31 heavy (non-hydrogen) atoms. The number of benzene rings is 2. The molecule has 1 N–H and O–H groups in total. The standard InChI is InChI=1S/C23H25N3O3S2/c1-16-7-6-8-17(2)21(16)20-15-30-23(24-20)25-22(27)18-9-11-19(12-10-18)31(28,29)26-13-4-3-5-14-26/h6-12,15H,3-5,13-14H2,1-2H3,(H,24,25,27). The monoisotopic (exact) mass is 455 g/mol. The maximum absolute atomic E-state index is 12.8. The van der Waals surface area contributed by atoms with Gasteiger partial charge in [0.2, 0.25) is 10.0 Å². The summed E-state index contributed by atoms with van der Waals surface area (Å²) in [4.78, 5) is 17.4. The molecule has 0 saturated carbocycles. The Balaban J connectivity index is 1.48. The lowest BCUT2D eigenvalue weighted by atomic mass is 10.0. The molecule has 2 aromatic carbocycles. The molecular formula is C23H25N3O3S2. The van der Waals surface area contributed by atoms with Gasteiger partial charge in [-0.1, -0.05) is 24.6 Å². The van der Waals surface area contributed by atoms with Crippen molar-refractivity contribution in [3.8, 4) is 11.3 Å². The van der Waals surface area contributed by atoms with E-state index >= 15 is 0 Å². The number of sulfonamides is 1. The number of piperidine rings is 1. The van der Waals surface area contributed by atoms with Crippen LogP contribution < -0.4 is 5.32 Å². The quantitative estimate of drug-likeness (QED) is 0.596. The molecule has 1 aliphatic rings. The van der Waals surface area contributed by atoms with Crippen LogP contribution in [0.25, 0.3) is 11.3 Å². The van der Waals surface area contributed by atoms with E-state index in [0.29, 0.717) is 23.8 Å². The van der Waals surface area contributed by atoms with Crippen LogP contribution in [0.4, 0.5) is 5.13 Å². The first kappa shape index (κ1) is 21.7. The third kappa shape index (κ3) is 4.56. The number of anilines is 1. The van der Waals surface area contributed by atoms with Crippen LogP contribution >= 0.6 is 11.3 Å². The molecular weight excluding hydrogens is 430 g/mol. The molecule has 0 bridgehead atoms. The highest BCUT2D eigenvalue weighted by Gasteiger charge is 2.26. The molecule has 3 aromatic rings. The highest BCUT2D eigenvalue weighted by molar-refractivity contribution is 7.89. The molecule has 1 aromatic heterocycles. The largest absolute Gasteiger partial charge is 0.298 e. The molecule has 0 spiro atoms. The number of rotatable bonds is 5. The molecule has 1 aliphatic heterocycles. The number of nitrogens with one attached hydrogen (secondary N) is 1. The van der Waals surface area contributed by atoms with E-state index in [9.17, 15) is 13.2 Å². The zero-order valence-electron chi connectivity index (χ0n) is 17.6. The number of hydrogen-bond acceptors (Lipinski definition) is 5. The first-order valence-corrected chi connectivity index (χ1v) is 12.6.